The van der Waals surface area contributed by atoms with Crippen molar-refractivity contribution in [3.8, 4) is 5.75 Å². The summed E-state index contributed by atoms with van der Waals surface area (Å²) in [6, 6.07) is 15.2. The second-order valence-corrected chi connectivity index (χ2v) is 17.7. The second-order valence-electron chi connectivity index (χ2n) is 12.3. The Bertz CT molecular complexity index is 1280. The fraction of sp³-hybridized carbons (Fsp3) is 0.469. The molecule has 0 saturated heterocycles. The molecule has 216 valence electrons. The number of nitrogens with one attached hydrogen (secondary N) is 1. The van der Waals surface area contributed by atoms with Crippen LogP contribution in [0.3, 0.4) is 0 Å². The van der Waals surface area contributed by atoms with Crippen LogP contribution in [0.1, 0.15) is 68.7 Å². The van der Waals surface area contributed by atoms with E-state index in [1.165, 1.54) is 4.90 Å². The van der Waals surface area contributed by atoms with Crippen LogP contribution in [0.2, 0.25) is 16.6 Å². The van der Waals surface area contributed by atoms with E-state index < -0.39 is 20.0 Å². The lowest BCUT2D eigenvalue weighted by Gasteiger charge is -2.42. The third-order valence-corrected chi connectivity index (χ3v) is 13.3. The fourth-order valence-corrected chi connectivity index (χ4v) is 10.7. The molecule has 0 radical (unpaired) electrons. The Labute approximate surface area is 240 Å². The van der Waals surface area contributed by atoms with Crippen molar-refractivity contribution in [1.82, 2.24) is 4.98 Å². The van der Waals surface area contributed by atoms with E-state index in [0.29, 0.717) is 28.0 Å². The lowest BCUT2D eigenvalue weighted by molar-refractivity contribution is -0.116. The lowest BCUT2D eigenvalue weighted by atomic mass is 10.1. The zero-order valence-electron chi connectivity index (χ0n) is 25.4. The number of rotatable bonds is 10. The summed E-state index contributed by atoms with van der Waals surface area (Å²) in [5.41, 5.74) is 2.02. The highest BCUT2D eigenvalue weighted by molar-refractivity contribution is 6.78. The number of benzene rings is 2. The highest BCUT2D eigenvalue weighted by Crippen LogP contribution is 2.43. The fourth-order valence-electron chi connectivity index (χ4n) is 5.49. The number of hydrogen-bond donors (Lipinski definition) is 1. The first-order valence-electron chi connectivity index (χ1n) is 14.2. The third-order valence-electron chi connectivity index (χ3n) is 7.25. The molecule has 0 atom stereocenters. The molecule has 3 rings (SSSR count). The Hall–Kier alpha value is -3.39. The number of pyridine rings is 1. The molecule has 3 aromatic rings. The molecule has 0 aliphatic heterocycles. The summed E-state index contributed by atoms with van der Waals surface area (Å²) in [6.45, 7) is 19.2. The molecule has 0 unspecified atom stereocenters. The van der Waals surface area contributed by atoms with Gasteiger partial charge in [0.15, 0.2) is 0 Å². The van der Waals surface area contributed by atoms with Crippen molar-refractivity contribution >= 4 is 42.5 Å². The number of nitrogens with zero attached hydrogens (tertiary/aromatic N) is 2. The standard InChI is InChI=1S/C32H45N3O4Si/c1-22(2)40(23(3)4,24(5)6)39-29-14-12-28(13-15-29)35(31(37)38-32(7,8)9)19-17-30(36)34-27-11-10-26-21-33-18-16-25(26)20-27/h10-16,18,20-24H,17,19H2,1-9H3,(H,34,36). The Morgan fingerprint density at radius 2 is 1.52 bits per heavy atom. The summed E-state index contributed by atoms with van der Waals surface area (Å²) in [5, 5.41) is 4.93. The van der Waals surface area contributed by atoms with Crippen molar-refractivity contribution in [2.24, 2.45) is 0 Å². The van der Waals surface area contributed by atoms with E-state index in [4.69, 9.17) is 9.16 Å². The van der Waals surface area contributed by atoms with E-state index >= 15 is 0 Å². The van der Waals surface area contributed by atoms with E-state index in [1.807, 2.05) is 69.3 Å². The molecular weight excluding hydrogens is 518 g/mol. The summed E-state index contributed by atoms with van der Waals surface area (Å²) in [6.07, 6.45) is 3.12. The predicted octanol–water partition coefficient (Wildman–Crippen LogP) is 8.56. The molecule has 2 amide bonds. The topological polar surface area (TPSA) is 80.8 Å². The minimum absolute atomic E-state index is 0.107. The van der Waals surface area contributed by atoms with E-state index in [1.54, 1.807) is 12.4 Å². The molecule has 8 heteroatoms. The van der Waals surface area contributed by atoms with Crippen LogP contribution in [0.4, 0.5) is 16.2 Å². The van der Waals surface area contributed by atoms with Crippen molar-refractivity contribution in [3.63, 3.8) is 0 Å². The van der Waals surface area contributed by atoms with Gasteiger partial charge in [-0.15, -0.1) is 0 Å². The molecular formula is C32H45N3O4Si. The van der Waals surface area contributed by atoms with Gasteiger partial charge in [0.25, 0.3) is 8.32 Å². The highest BCUT2D eigenvalue weighted by Gasteiger charge is 2.47. The number of hydrogen-bond acceptors (Lipinski definition) is 5. The molecule has 2 aromatic carbocycles. The molecule has 0 saturated carbocycles. The zero-order chi connectivity index (χ0) is 29.7. The van der Waals surface area contributed by atoms with Gasteiger partial charge in [-0.1, -0.05) is 47.6 Å². The smallest absolute Gasteiger partial charge is 0.414 e. The summed E-state index contributed by atoms with van der Waals surface area (Å²) in [5.74, 6) is 0.614. The largest absolute Gasteiger partial charge is 0.543 e. The average molecular weight is 564 g/mol. The number of carbonyl (C=O) groups excluding carboxylic acids is 2. The van der Waals surface area contributed by atoms with Crippen molar-refractivity contribution < 1.29 is 18.8 Å². The first-order chi connectivity index (χ1) is 18.7. The zero-order valence-corrected chi connectivity index (χ0v) is 26.4. The van der Waals surface area contributed by atoms with Gasteiger partial charge in [-0.25, -0.2) is 4.79 Å². The van der Waals surface area contributed by atoms with E-state index in [9.17, 15) is 9.59 Å². The summed E-state index contributed by atoms with van der Waals surface area (Å²) >= 11 is 0. The van der Waals surface area contributed by atoms with Gasteiger partial charge in [0.1, 0.15) is 11.4 Å². The minimum atomic E-state index is -2.11. The quantitative estimate of drug-likeness (QED) is 0.250. The number of anilines is 2. The SMILES string of the molecule is CC(C)[Si](Oc1ccc(N(CCC(=O)Nc2ccc3cnccc3c2)C(=O)OC(C)(C)C)cc1)(C(C)C)C(C)C. The first-order valence-corrected chi connectivity index (χ1v) is 16.3. The van der Waals surface area contributed by atoms with Gasteiger partial charge in [0.05, 0.1) is 0 Å². The van der Waals surface area contributed by atoms with Crippen LogP contribution >= 0.6 is 0 Å². The highest BCUT2D eigenvalue weighted by atomic mass is 28.4. The Balaban J connectivity index is 1.78. The molecule has 0 fully saturated rings. The molecule has 7 nitrogen and oxygen atoms in total. The maximum absolute atomic E-state index is 13.2. The van der Waals surface area contributed by atoms with E-state index in [2.05, 4.69) is 51.8 Å². The molecule has 0 spiro atoms. The van der Waals surface area contributed by atoms with Crippen molar-refractivity contribution in [3.05, 3.63) is 60.9 Å². The second kappa shape index (κ2) is 12.9. The van der Waals surface area contributed by atoms with E-state index in [0.717, 1.165) is 16.5 Å². The maximum Gasteiger partial charge on any atom is 0.414 e. The van der Waals surface area contributed by atoms with Crippen LogP contribution in [-0.4, -0.2) is 37.4 Å². The van der Waals surface area contributed by atoms with Gasteiger partial charge in [-0.05, 0) is 85.2 Å². The number of fused-ring (bicyclic) bond motifs is 1. The van der Waals surface area contributed by atoms with Crippen LogP contribution < -0.4 is 14.6 Å². The molecule has 1 aromatic heterocycles. The summed E-state index contributed by atoms with van der Waals surface area (Å²) in [7, 11) is -2.11. The van der Waals surface area contributed by atoms with Crippen molar-refractivity contribution in [2.75, 3.05) is 16.8 Å². The minimum Gasteiger partial charge on any atom is -0.543 e. The average Bonchev–Trinajstić information content (AvgIpc) is 2.86. The van der Waals surface area contributed by atoms with Gasteiger partial charge in [-0.3, -0.25) is 14.7 Å². The van der Waals surface area contributed by atoms with Crippen molar-refractivity contribution in [1.29, 1.82) is 0 Å². The van der Waals surface area contributed by atoms with Gasteiger partial charge in [-0.2, -0.15) is 0 Å². The first kappa shape index (κ1) is 31.1. The molecule has 40 heavy (non-hydrogen) atoms. The van der Waals surface area contributed by atoms with Crippen molar-refractivity contribution in [2.45, 2.75) is 91.0 Å². The maximum atomic E-state index is 13.2. The van der Waals surface area contributed by atoms with Crippen LogP contribution in [0.25, 0.3) is 10.8 Å². The number of aromatic nitrogens is 1. The number of amides is 2. The number of ether oxygens (including phenoxy) is 1. The van der Waals surface area contributed by atoms with Gasteiger partial charge in [0, 0.05) is 42.1 Å². The van der Waals surface area contributed by atoms with E-state index in [-0.39, 0.29) is 18.9 Å². The molecule has 1 heterocycles. The van der Waals surface area contributed by atoms with Crippen LogP contribution in [0.15, 0.2) is 60.9 Å². The molecule has 0 bridgehead atoms. The van der Waals surface area contributed by atoms with Gasteiger partial charge in [0.2, 0.25) is 5.91 Å². The third kappa shape index (κ3) is 7.62. The summed E-state index contributed by atoms with van der Waals surface area (Å²) in [4.78, 5) is 31.7. The van der Waals surface area contributed by atoms with Crippen LogP contribution in [0.5, 0.6) is 5.75 Å². The normalized spacial score (nSPS) is 12.2. The molecule has 1 N–H and O–H groups in total. The Morgan fingerprint density at radius 1 is 0.900 bits per heavy atom. The van der Waals surface area contributed by atoms with Crippen LogP contribution in [0, 0.1) is 0 Å². The monoisotopic (exact) mass is 563 g/mol. The Kier molecular flexibility index (Phi) is 10.0. The number of carbonyl (C=O) groups is 2. The van der Waals surface area contributed by atoms with Crippen LogP contribution in [-0.2, 0) is 9.53 Å². The van der Waals surface area contributed by atoms with Gasteiger partial charge < -0.3 is 14.5 Å². The molecule has 0 aliphatic carbocycles. The van der Waals surface area contributed by atoms with Gasteiger partial charge >= 0.3 is 6.09 Å². The predicted molar refractivity (Wildman–Crippen MR) is 167 cm³/mol. The lowest BCUT2D eigenvalue weighted by Crippen LogP contribution is -2.50. The Morgan fingerprint density at radius 3 is 2.10 bits per heavy atom. The molecule has 0 aliphatic rings. The summed E-state index contributed by atoms with van der Waals surface area (Å²) < 4.78 is 12.5.